The summed E-state index contributed by atoms with van der Waals surface area (Å²) in [6.45, 7) is 1.96. The minimum atomic E-state index is -1.26. The van der Waals surface area contributed by atoms with Crippen LogP contribution in [0.4, 0.5) is 0 Å². The number of carbonyl (C=O) groups is 2. The van der Waals surface area contributed by atoms with Crippen molar-refractivity contribution in [2.45, 2.75) is 38.6 Å². The molecule has 7 nitrogen and oxygen atoms in total. The van der Waals surface area contributed by atoms with Gasteiger partial charge in [0, 0.05) is 0 Å². The molecule has 0 fully saturated rings. The van der Waals surface area contributed by atoms with Gasteiger partial charge in [0.1, 0.15) is 25.4 Å². The maximum atomic E-state index is 11.0. The highest BCUT2D eigenvalue weighted by atomic mass is 16.6. The molecule has 0 saturated heterocycles. The first kappa shape index (κ1) is 15.8. The van der Waals surface area contributed by atoms with Gasteiger partial charge in [-0.15, -0.1) is 0 Å². The van der Waals surface area contributed by atoms with Crippen molar-refractivity contribution < 1.29 is 34.4 Å². The highest BCUT2D eigenvalue weighted by Gasteiger charge is 2.15. The molecule has 0 aliphatic heterocycles. The molecule has 3 atom stereocenters. The Balaban J connectivity index is 3.69. The zero-order chi connectivity index (χ0) is 13.4. The van der Waals surface area contributed by atoms with Crippen molar-refractivity contribution in [1.82, 2.24) is 0 Å². The molecular weight excluding hydrogens is 232 g/mol. The smallest absolute Gasteiger partial charge is 0.334 e. The van der Waals surface area contributed by atoms with Crippen molar-refractivity contribution in [1.29, 1.82) is 0 Å². The molecule has 0 radical (unpaired) electrons. The Kier molecular flexibility index (Phi) is 7.44. The van der Waals surface area contributed by atoms with Crippen LogP contribution in [0.2, 0.25) is 0 Å². The summed E-state index contributed by atoms with van der Waals surface area (Å²) in [6, 6.07) is 0. The Morgan fingerprint density at radius 1 is 1.06 bits per heavy atom. The fourth-order valence-electron chi connectivity index (χ4n) is 0.836. The van der Waals surface area contributed by atoms with E-state index in [0.29, 0.717) is 0 Å². The average Bonchev–Trinajstić information content (AvgIpc) is 2.21. The van der Waals surface area contributed by atoms with Crippen molar-refractivity contribution in [3.8, 4) is 0 Å². The molecule has 0 rings (SSSR count). The molecule has 0 spiro atoms. The first-order valence-electron chi connectivity index (χ1n) is 5.19. The highest BCUT2D eigenvalue weighted by Crippen LogP contribution is 1.96. The molecule has 1 unspecified atom stereocenters. The summed E-state index contributed by atoms with van der Waals surface area (Å²) in [5, 5.41) is 26.9. The number of ether oxygens (including phenoxy) is 2. The predicted octanol–water partition coefficient (Wildman–Crippen LogP) is -1.41. The molecule has 0 aromatic carbocycles. The third-order valence-corrected chi connectivity index (χ3v) is 1.66. The molecule has 0 saturated carbocycles. The van der Waals surface area contributed by atoms with Gasteiger partial charge in [0.15, 0.2) is 0 Å². The van der Waals surface area contributed by atoms with Crippen molar-refractivity contribution in [2.75, 3.05) is 13.2 Å². The van der Waals surface area contributed by atoms with Crippen LogP contribution >= 0.6 is 0 Å². The lowest BCUT2D eigenvalue weighted by atomic mass is 10.3. The van der Waals surface area contributed by atoms with Crippen molar-refractivity contribution in [3.63, 3.8) is 0 Å². The molecule has 0 heterocycles. The summed E-state index contributed by atoms with van der Waals surface area (Å²) in [5.74, 6) is -1.51. The van der Waals surface area contributed by atoms with E-state index in [9.17, 15) is 14.7 Å². The van der Waals surface area contributed by atoms with Crippen LogP contribution in [0.5, 0.6) is 0 Å². The fraction of sp³-hybridized carbons (Fsp3) is 0.800. The van der Waals surface area contributed by atoms with E-state index >= 15 is 0 Å². The van der Waals surface area contributed by atoms with Crippen molar-refractivity contribution >= 4 is 11.9 Å². The molecule has 0 aliphatic carbocycles. The van der Waals surface area contributed by atoms with Gasteiger partial charge in [0.05, 0.1) is 12.5 Å². The number of aliphatic hydroxyl groups excluding tert-OH is 3. The number of hydrogen-bond acceptors (Lipinski definition) is 7. The third kappa shape index (κ3) is 8.61. The van der Waals surface area contributed by atoms with Gasteiger partial charge in [-0.05, 0) is 13.8 Å². The van der Waals surface area contributed by atoms with Crippen LogP contribution in [0.15, 0.2) is 0 Å². The summed E-state index contributed by atoms with van der Waals surface area (Å²) in [6.07, 6.45) is -3.40. The Morgan fingerprint density at radius 2 is 1.59 bits per heavy atom. The zero-order valence-electron chi connectivity index (χ0n) is 9.83. The van der Waals surface area contributed by atoms with Gasteiger partial charge in [0.25, 0.3) is 0 Å². The molecule has 0 bridgehead atoms. The number of hydrogen-bond donors (Lipinski definition) is 3. The summed E-state index contributed by atoms with van der Waals surface area (Å²) in [5.41, 5.74) is 0. The van der Waals surface area contributed by atoms with Crippen LogP contribution in [0.1, 0.15) is 20.3 Å². The summed E-state index contributed by atoms with van der Waals surface area (Å²) >= 11 is 0. The molecule has 0 aromatic heterocycles. The summed E-state index contributed by atoms with van der Waals surface area (Å²) in [7, 11) is 0. The number of carbonyl (C=O) groups excluding carboxylic acids is 2. The lowest BCUT2D eigenvalue weighted by molar-refractivity contribution is -0.158. The zero-order valence-corrected chi connectivity index (χ0v) is 9.83. The minimum absolute atomic E-state index is 0.166. The average molecular weight is 250 g/mol. The van der Waals surface area contributed by atoms with Gasteiger partial charge < -0.3 is 24.8 Å². The second-order valence-electron chi connectivity index (χ2n) is 3.70. The summed E-state index contributed by atoms with van der Waals surface area (Å²) in [4.78, 5) is 21.8. The van der Waals surface area contributed by atoms with Crippen molar-refractivity contribution in [2.24, 2.45) is 0 Å². The standard InChI is InChI=1S/C10H18O7/c1-6(11)3-9(14)16-4-8(13)5-17-10(15)7(2)12/h6-8,11-13H,3-5H2,1-2H3/t6-,7+,8?/m1/s1. The Bertz CT molecular complexity index is 249. The second-order valence-corrected chi connectivity index (χ2v) is 3.70. The van der Waals surface area contributed by atoms with E-state index in [2.05, 4.69) is 9.47 Å². The predicted molar refractivity (Wildman–Crippen MR) is 55.9 cm³/mol. The van der Waals surface area contributed by atoms with E-state index in [1.54, 1.807) is 0 Å². The van der Waals surface area contributed by atoms with Crippen LogP contribution in [0.3, 0.4) is 0 Å². The molecule has 17 heavy (non-hydrogen) atoms. The van der Waals surface area contributed by atoms with Gasteiger partial charge >= 0.3 is 11.9 Å². The van der Waals surface area contributed by atoms with E-state index in [-0.39, 0.29) is 19.6 Å². The van der Waals surface area contributed by atoms with Crippen LogP contribution in [0, 0.1) is 0 Å². The summed E-state index contributed by atoms with van der Waals surface area (Å²) < 4.78 is 9.10. The van der Waals surface area contributed by atoms with E-state index in [4.69, 9.17) is 10.2 Å². The SMILES string of the molecule is C[C@H](O)C(=O)OCC(O)COC(=O)C[C@@H](C)O. The van der Waals surface area contributed by atoms with Gasteiger partial charge in [-0.3, -0.25) is 4.79 Å². The molecule has 7 heteroatoms. The minimum Gasteiger partial charge on any atom is -0.463 e. The normalized spacial score (nSPS) is 15.8. The largest absolute Gasteiger partial charge is 0.463 e. The van der Waals surface area contributed by atoms with Crippen LogP contribution < -0.4 is 0 Å². The third-order valence-electron chi connectivity index (χ3n) is 1.66. The van der Waals surface area contributed by atoms with Crippen LogP contribution in [-0.2, 0) is 19.1 Å². The maximum absolute atomic E-state index is 11.0. The van der Waals surface area contributed by atoms with Gasteiger partial charge in [-0.25, -0.2) is 4.79 Å². The molecule has 3 N–H and O–H groups in total. The fourth-order valence-corrected chi connectivity index (χ4v) is 0.836. The Hall–Kier alpha value is -1.18. The van der Waals surface area contributed by atoms with E-state index in [1.807, 2.05) is 0 Å². The number of aliphatic hydroxyl groups is 3. The number of rotatable bonds is 7. The second kappa shape index (κ2) is 7.99. The molecule has 0 aromatic rings. The molecule has 0 aliphatic rings. The highest BCUT2D eigenvalue weighted by molar-refractivity contribution is 5.73. The first-order chi connectivity index (χ1) is 7.82. The Morgan fingerprint density at radius 3 is 2.06 bits per heavy atom. The molecular formula is C10H18O7. The monoisotopic (exact) mass is 250 g/mol. The number of esters is 2. The van der Waals surface area contributed by atoms with Gasteiger partial charge in [-0.2, -0.15) is 0 Å². The van der Waals surface area contributed by atoms with Crippen molar-refractivity contribution in [3.05, 3.63) is 0 Å². The van der Waals surface area contributed by atoms with E-state index in [0.717, 1.165) is 0 Å². The quantitative estimate of drug-likeness (QED) is 0.475. The lowest BCUT2D eigenvalue weighted by Crippen LogP contribution is -2.29. The lowest BCUT2D eigenvalue weighted by Gasteiger charge is -2.13. The first-order valence-corrected chi connectivity index (χ1v) is 5.19. The topological polar surface area (TPSA) is 113 Å². The van der Waals surface area contributed by atoms with E-state index < -0.39 is 30.3 Å². The van der Waals surface area contributed by atoms with Crippen LogP contribution in [-0.4, -0.2) is 58.8 Å². The Labute approximate surface area is 99.0 Å². The van der Waals surface area contributed by atoms with Gasteiger partial charge in [-0.1, -0.05) is 0 Å². The maximum Gasteiger partial charge on any atom is 0.334 e. The van der Waals surface area contributed by atoms with Gasteiger partial charge in [0.2, 0.25) is 0 Å². The molecule has 0 amide bonds. The molecule has 100 valence electrons. The van der Waals surface area contributed by atoms with Crippen LogP contribution in [0.25, 0.3) is 0 Å². The van der Waals surface area contributed by atoms with E-state index in [1.165, 1.54) is 13.8 Å².